The van der Waals surface area contributed by atoms with Crippen LogP contribution in [0.4, 0.5) is 0 Å². The Hall–Kier alpha value is -1.10. The van der Waals surface area contributed by atoms with Crippen molar-refractivity contribution in [2.75, 3.05) is 19.6 Å². The van der Waals surface area contributed by atoms with Crippen LogP contribution in [0.3, 0.4) is 0 Å². The van der Waals surface area contributed by atoms with Gasteiger partial charge in [0.25, 0.3) is 0 Å². The molecule has 0 radical (unpaired) electrons. The Balaban J connectivity index is 1.52. The maximum atomic E-state index is 12.7. The summed E-state index contributed by atoms with van der Waals surface area (Å²) in [5.41, 5.74) is -0.184. The van der Waals surface area contributed by atoms with Crippen molar-refractivity contribution in [2.24, 2.45) is 17.8 Å². The molecule has 4 bridgehead atoms. The second-order valence-corrected chi connectivity index (χ2v) is 9.85. The van der Waals surface area contributed by atoms with E-state index in [4.69, 9.17) is 0 Å². The molecular weight excluding hydrogens is 314 g/mol. The molecule has 0 aromatic rings. The SMILES string of the molecule is CCN(CC(=O)NC(C)(C)C)CC(=O)NC12CC3CC(CC(C3)C1)C2. The van der Waals surface area contributed by atoms with Crippen molar-refractivity contribution in [3.8, 4) is 0 Å². The fraction of sp³-hybridized carbons (Fsp3) is 0.900. The molecule has 142 valence electrons. The van der Waals surface area contributed by atoms with Gasteiger partial charge >= 0.3 is 0 Å². The molecule has 4 rings (SSSR count). The van der Waals surface area contributed by atoms with Gasteiger partial charge in [-0.25, -0.2) is 0 Å². The normalized spacial score (nSPS) is 33.6. The fourth-order valence-electron chi connectivity index (χ4n) is 5.74. The lowest BCUT2D eigenvalue weighted by Gasteiger charge is -2.57. The summed E-state index contributed by atoms with van der Waals surface area (Å²) in [5.74, 6) is 2.55. The van der Waals surface area contributed by atoms with E-state index < -0.39 is 0 Å². The third-order valence-corrected chi connectivity index (χ3v) is 6.14. The highest BCUT2D eigenvalue weighted by Gasteiger charge is 2.51. The second-order valence-electron chi connectivity index (χ2n) is 9.85. The number of rotatable bonds is 6. The first kappa shape index (κ1) is 18.7. The molecule has 0 spiro atoms. The van der Waals surface area contributed by atoms with Gasteiger partial charge in [0.05, 0.1) is 13.1 Å². The third-order valence-electron chi connectivity index (χ3n) is 6.14. The van der Waals surface area contributed by atoms with Gasteiger partial charge in [0, 0.05) is 11.1 Å². The quantitative estimate of drug-likeness (QED) is 0.773. The summed E-state index contributed by atoms with van der Waals surface area (Å²) in [6, 6.07) is 0. The highest BCUT2D eigenvalue weighted by molar-refractivity contribution is 5.82. The largest absolute Gasteiger partial charge is 0.350 e. The molecule has 0 unspecified atom stereocenters. The summed E-state index contributed by atoms with van der Waals surface area (Å²) >= 11 is 0. The Morgan fingerprint density at radius 2 is 1.44 bits per heavy atom. The molecule has 0 heterocycles. The molecule has 4 saturated carbocycles. The van der Waals surface area contributed by atoms with Gasteiger partial charge in [-0.05, 0) is 83.6 Å². The van der Waals surface area contributed by atoms with Crippen LogP contribution in [0.2, 0.25) is 0 Å². The molecule has 25 heavy (non-hydrogen) atoms. The molecular formula is C20H35N3O2. The van der Waals surface area contributed by atoms with Crippen LogP contribution in [0.5, 0.6) is 0 Å². The summed E-state index contributed by atoms with van der Waals surface area (Å²) in [6.45, 7) is 9.22. The Labute approximate surface area is 152 Å². The standard InChI is InChI=1S/C20H35N3O2/c1-5-23(12-17(24)21-19(2,3)4)13-18(25)22-20-9-14-6-15(10-20)8-16(7-14)11-20/h14-16H,5-13H2,1-4H3,(H,21,24)(H,22,25). The molecule has 4 aliphatic carbocycles. The number of carbonyl (C=O) groups excluding carboxylic acids is 2. The van der Waals surface area contributed by atoms with Crippen molar-refractivity contribution in [1.82, 2.24) is 15.5 Å². The molecule has 0 atom stereocenters. The van der Waals surface area contributed by atoms with Gasteiger partial charge < -0.3 is 10.6 Å². The number of amides is 2. The first-order chi connectivity index (χ1) is 11.7. The zero-order chi connectivity index (χ0) is 18.2. The summed E-state index contributed by atoms with van der Waals surface area (Å²) in [7, 11) is 0. The van der Waals surface area contributed by atoms with E-state index in [1.807, 2.05) is 32.6 Å². The lowest BCUT2D eigenvalue weighted by atomic mass is 9.53. The van der Waals surface area contributed by atoms with Crippen LogP contribution in [0.1, 0.15) is 66.2 Å². The van der Waals surface area contributed by atoms with E-state index in [9.17, 15) is 9.59 Å². The molecule has 0 aromatic carbocycles. The topological polar surface area (TPSA) is 61.4 Å². The van der Waals surface area contributed by atoms with Crippen LogP contribution in [0.15, 0.2) is 0 Å². The Bertz CT molecular complexity index is 488. The zero-order valence-electron chi connectivity index (χ0n) is 16.4. The molecule has 0 saturated heterocycles. The smallest absolute Gasteiger partial charge is 0.234 e. The molecule has 5 nitrogen and oxygen atoms in total. The van der Waals surface area contributed by atoms with Crippen LogP contribution in [0.25, 0.3) is 0 Å². The van der Waals surface area contributed by atoms with E-state index in [1.54, 1.807) is 0 Å². The first-order valence-corrected chi connectivity index (χ1v) is 10.0. The van der Waals surface area contributed by atoms with Gasteiger partial charge in [-0.15, -0.1) is 0 Å². The zero-order valence-corrected chi connectivity index (χ0v) is 16.4. The van der Waals surface area contributed by atoms with Crippen molar-refractivity contribution < 1.29 is 9.59 Å². The summed E-state index contributed by atoms with van der Waals surface area (Å²) in [5, 5.41) is 6.37. The summed E-state index contributed by atoms with van der Waals surface area (Å²) in [4.78, 5) is 26.7. The molecule has 4 fully saturated rings. The number of hydrogen-bond donors (Lipinski definition) is 2. The van der Waals surface area contributed by atoms with E-state index in [0.29, 0.717) is 13.1 Å². The van der Waals surface area contributed by atoms with Gasteiger partial charge in [-0.3, -0.25) is 14.5 Å². The predicted octanol–water partition coefficient (Wildman–Crippen LogP) is 2.31. The van der Waals surface area contributed by atoms with Crippen LogP contribution in [0, 0.1) is 17.8 Å². The van der Waals surface area contributed by atoms with E-state index in [2.05, 4.69) is 10.6 Å². The van der Waals surface area contributed by atoms with E-state index >= 15 is 0 Å². The molecule has 4 aliphatic rings. The van der Waals surface area contributed by atoms with Crippen molar-refractivity contribution in [1.29, 1.82) is 0 Å². The third kappa shape index (κ3) is 4.75. The molecule has 0 aromatic heterocycles. The van der Waals surface area contributed by atoms with E-state index in [-0.39, 0.29) is 29.4 Å². The van der Waals surface area contributed by atoms with Gasteiger partial charge in [0.1, 0.15) is 0 Å². The molecule has 0 aliphatic heterocycles. The van der Waals surface area contributed by atoms with Gasteiger partial charge in [0.15, 0.2) is 0 Å². The van der Waals surface area contributed by atoms with E-state index in [0.717, 1.165) is 17.8 Å². The van der Waals surface area contributed by atoms with Crippen molar-refractivity contribution in [3.05, 3.63) is 0 Å². The predicted molar refractivity (Wildman–Crippen MR) is 99.1 cm³/mol. The number of nitrogens with zero attached hydrogens (tertiary/aromatic N) is 1. The summed E-state index contributed by atoms with van der Waals surface area (Å²) < 4.78 is 0. The van der Waals surface area contributed by atoms with Crippen LogP contribution in [-0.4, -0.2) is 47.4 Å². The molecule has 2 N–H and O–H groups in total. The monoisotopic (exact) mass is 349 g/mol. The average Bonchev–Trinajstić information content (AvgIpc) is 2.42. The highest BCUT2D eigenvalue weighted by atomic mass is 16.2. The van der Waals surface area contributed by atoms with Crippen LogP contribution >= 0.6 is 0 Å². The van der Waals surface area contributed by atoms with Crippen molar-refractivity contribution in [2.45, 2.75) is 77.3 Å². The minimum Gasteiger partial charge on any atom is -0.350 e. The molecule has 2 amide bonds. The van der Waals surface area contributed by atoms with Gasteiger partial charge in [-0.2, -0.15) is 0 Å². The number of hydrogen-bond acceptors (Lipinski definition) is 3. The minimum absolute atomic E-state index is 0.0167. The first-order valence-electron chi connectivity index (χ1n) is 10.0. The van der Waals surface area contributed by atoms with Gasteiger partial charge in [0.2, 0.25) is 11.8 Å². The van der Waals surface area contributed by atoms with Gasteiger partial charge in [-0.1, -0.05) is 6.92 Å². The minimum atomic E-state index is -0.238. The number of carbonyl (C=O) groups is 2. The maximum Gasteiger partial charge on any atom is 0.234 e. The Morgan fingerprint density at radius 1 is 0.960 bits per heavy atom. The number of nitrogens with one attached hydrogen (secondary N) is 2. The van der Waals surface area contributed by atoms with Crippen LogP contribution < -0.4 is 10.6 Å². The van der Waals surface area contributed by atoms with Crippen molar-refractivity contribution >= 4 is 11.8 Å². The summed E-state index contributed by atoms with van der Waals surface area (Å²) in [6.07, 6.45) is 7.64. The Morgan fingerprint density at radius 3 is 1.88 bits per heavy atom. The Kier molecular flexibility index (Phi) is 5.16. The highest BCUT2D eigenvalue weighted by Crippen LogP contribution is 2.55. The average molecular weight is 350 g/mol. The fourth-order valence-corrected chi connectivity index (χ4v) is 5.74. The molecule has 5 heteroatoms. The van der Waals surface area contributed by atoms with E-state index in [1.165, 1.54) is 38.5 Å². The lowest BCUT2D eigenvalue weighted by molar-refractivity contribution is -0.129. The lowest BCUT2D eigenvalue weighted by Crippen LogP contribution is -2.61. The van der Waals surface area contributed by atoms with Crippen LogP contribution in [-0.2, 0) is 9.59 Å². The van der Waals surface area contributed by atoms with Crippen molar-refractivity contribution in [3.63, 3.8) is 0 Å². The number of likely N-dealkylation sites (N-methyl/N-ethyl adjacent to an activating group) is 1. The second kappa shape index (κ2) is 6.90. The maximum absolute atomic E-state index is 12.7.